The van der Waals surface area contributed by atoms with Crippen LogP contribution in [0.3, 0.4) is 0 Å². The molecule has 32 heavy (non-hydrogen) atoms. The van der Waals surface area contributed by atoms with Crippen molar-refractivity contribution in [3.8, 4) is 5.75 Å². The molecule has 1 aliphatic rings. The molecule has 2 aromatic heterocycles. The molecule has 0 spiro atoms. The minimum absolute atomic E-state index is 0.0424. The maximum Gasteiger partial charge on any atom is 0.422 e. The van der Waals surface area contributed by atoms with E-state index in [0.717, 1.165) is 12.6 Å². The third-order valence-electron chi connectivity index (χ3n) is 5.05. The topological polar surface area (TPSA) is 67.4 Å². The van der Waals surface area contributed by atoms with Gasteiger partial charge in [0.25, 0.3) is 0 Å². The van der Waals surface area contributed by atoms with Gasteiger partial charge in [0.05, 0.1) is 30.4 Å². The van der Waals surface area contributed by atoms with E-state index in [0.29, 0.717) is 24.2 Å². The number of carbonyl (C=O) groups excluding carboxylic acids is 1. The zero-order chi connectivity index (χ0) is 23.3. The number of pyridine rings is 2. The van der Waals surface area contributed by atoms with Crippen LogP contribution in [-0.2, 0) is 11.2 Å². The molecule has 1 saturated heterocycles. The van der Waals surface area contributed by atoms with Gasteiger partial charge in [-0.1, -0.05) is 0 Å². The Bertz CT molecular complexity index is 923. The molecule has 6 nitrogen and oxygen atoms in total. The Kier molecular flexibility index (Phi) is 7.47. The second-order valence-corrected chi connectivity index (χ2v) is 7.58. The van der Waals surface area contributed by atoms with Crippen molar-refractivity contribution < 1.29 is 31.5 Å². The van der Waals surface area contributed by atoms with Crippen LogP contribution in [0.1, 0.15) is 37.1 Å². The monoisotopic (exact) mass is 458 g/mol. The van der Waals surface area contributed by atoms with Gasteiger partial charge in [0, 0.05) is 12.7 Å². The van der Waals surface area contributed by atoms with Gasteiger partial charge in [-0.05, 0) is 43.5 Å². The highest BCUT2D eigenvalue weighted by atomic mass is 19.4. The molecule has 2 atom stereocenters. The van der Waals surface area contributed by atoms with Crippen LogP contribution in [0.4, 0.5) is 27.8 Å². The smallest absolute Gasteiger partial charge is 0.422 e. The van der Waals surface area contributed by atoms with Gasteiger partial charge < -0.3 is 15.0 Å². The number of carbonyl (C=O) groups is 1. The molecule has 11 heteroatoms. The van der Waals surface area contributed by atoms with Gasteiger partial charge in [-0.25, -0.2) is 13.8 Å². The molecule has 1 aliphatic heterocycles. The second kappa shape index (κ2) is 10.1. The Balaban J connectivity index is 1.55. The molecule has 3 heterocycles. The number of amides is 1. The molecule has 0 aromatic carbocycles. The lowest BCUT2D eigenvalue weighted by molar-refractivity contribution is -0.153. The summed E-state index contributed by atoms with van der Waals surface area (Å²) in [5.74, 6) is -0.979. The summed E-state index contributed by atoms with van der Waals surface area (Å²) in [6, 6.07) is 3.07. The average Bonchev–Trinajstić information content (AvgIpc) is 3.20. The quantitative estimate of drug-likeness (QED) is 0.608. The van der Waals surface area contributed by atoms with E-state index in [1.165, 1.54) is 24.4 Å². The van der Waals surface area contributed by atoms with Crippen LogP contribution in [0.15, 0.2) is 30.6 Å². The van der Waals surface area contributed by atoms with Gasteiger partial charge in [-0.15, -0.1) is 0 Å². The van der Waals surface area contributed by atoms with Crippen LogP contribution in [0.25, 0.3) is 0 Å². The van der Waals surface area contributed by atoms with Crippen LogP contribution in [-0.4, -0.2) is 47.9 Å². The Morgan fingerprint density at radius 1 is 1.31 bits per heavy atom. The van der Waals surface area contributed by atoms with Crippen molar-refractivity contribution in [2.75, 3.05) is 24.7 Å². The van der Waals surface area contributed by atoms with E-state index < -0.39 is 37.2 Å². The van der Waals surface area contributed by atoms with Gasteiger partial charge in [0.2, 0.25) is 5.91 Å². The molecule has 1 amide bonds. The Morgan fingerprint density at radius 3 is 2.72 bits per heavy atom. The van der Waals surface area contributed by atoms with Crippen molar-refractivity contribution in [3.05, 3.63) is 47.7 Å². The standard InChI is InChI=1S/C21H23F5N4O2/c1-13(18-5-4-16(11-27-18)32-12-21(24,25)26)29-19(31)8-14-7-17(23)20(28-10-14)30-6-2-3-15(30)9-22/h4-5,7,10-11,13,15H,2-3,6,8-9,12H2,1H3,(H,29,31)/t13-,15+/m1/s1. The number of anilines is 1. The van der Waals surface area contributed by atoms with Gasteiger partial charge >= 0.3 is 6.18 Å². The fourth-order valence-electron chi connectivity index (χ4n) is 3.50. The molecule has 0 bridgehead atoms. The van der Waals surface area contributed by atoms with Crippen LogP contribution in [0, 0.1) is 5.82 Å². The van der Waals surface area contributed by atoms with E-state index in [1.807, 2.05) is 0 Å². The van der Waals surface area contributed by atoms with Crippen LogP contribution < -0.4 is 15.0 Å². The number of rotatable bonds is 8. The number of ether oxygens (including phenoxy) is 1. The summed E-state index contributed by atoms with van der Waals surface area (Å²) in [5, 5.41) is 2.69. The average molecular weight is 458 g/mol. The first-order valence-corrected chi connectivity index (χ1v) is 10.1. The zero-order valence-electron chi connectivity index (χ0n) is 17.3. The van der Waals surface area contributed by atoms with Gasteiger partial charge in [-0.2, -0.15) is 13.2 Å². The Morgan fingerprint density at radius 2 is 2.09 bits per heavy atom. The number of nitrogens with one attached hydrogen (secondary N) is 1. The van der Waals surface area contributed by atoms with Crippen LogP contribution in [0.2, 0.25) is 0 Å². The number of aromatic nitrogens is 2. The molecule has 3 rings (SSSR count). The third-order valence-corrected chi connectivity index (χ3v) is 5.05. The van der Waals surface area contributed by atoms with E-state index in [4.69, 9.17) is 0 Å². The number of hydrogen-bond donors (Lipinski definition) is 1. The summed E-state index contributed by atoms with van der Waals surface area (Å²) in [5.41, 5.74) is 0.777. The number of hydrogen-bond acceptors (Lipinski definition) is 5. The van der Waals surface area contributed by atoms with E-state index >= 15 is 0 Å². The van der Waals surface area contributed by atoms with E-state index in [2.05, 4.69) is 20.0 Å². The van der Waals surface area contributed by atoms with Gasteiger partial charge in [-0.3, -0.25) is 9.78 Å². The van der Waals surface area contributed by atoms with E-state index in [-0.39, 0.29) is 24.0 Å². The van der Waals surface area contributed by atoms with E-state index in [9.17, 15) is 26.7 Å². The van der Waals surface area contributed by atoms with Crippen molar-refractivity contribution in [1.29, 1.82) is 0 Å². The lowest BCUT2D eigenvalue weighted by atomic mass is 10.1. The fourth-order valence-corrected chi connectivity index (χ4v) is 3.50. The van der Waals surface area contributed by atoms with Gasteiger partial charge in [0.1, 0.15) is 12.4 Å². The van der Waals surface area contributed by atoms with Gasteiger partial charge in [0.15, 0.2) is 18.2 Å². The summed E-state index contributed by atoms with van der Waals surface area (Å²) in [4.78, 5) is 22.0. The second-order valence-electron chi connectivity index (χ2n) is 7.58. The minimum atomic E-state index is -4.45. The first kappa shape index (κ1) is 23.7. The minimum Gasteiger partial charge on any atom is -0.483 e. The third kappa shape index (κ3) is 6.27. The largest absolute Gasteiger partial charge is 0.483 e. The summed E-state index contributed by atoms with van der Waals surface area (Å²) in [6.45, 7) is 0.189. The molecule has 1 fully saturated rings. The van der Waals surface area contributed by atoms with E-state index in [1.54, 1.807) is 11.8 Å². The summed E-state index contributed by atoms with van der Waals surface area (Å²) in [7, 11) is 0. The summed E-state index contributed by atoms with van der Waals surface area (Å²) >= 11 is 0. The maximum absolute atomic E-state index is 14.5. The molecule has 0 saturated carbocycles. The highest BCUT2D eigenvalue weighted by molar-refractivity contribution is 5.79. The normalized spacial score (nSPS) is 17.3. The predicted octanol–water partition coefficient (Wildman–Crippen LogP) is 3.92. The molecular formula is C21H23F5N4O2. The SMILES string of the molecule is C[C@@H](NC(=O)Cc1cnc(N2CCC[C@H]2CF)c(F)c1)c1ccc(OCC(F)(F)F)cn1. The molecular weight excluding hydrogens is 435 g/mol. The highest BCUT2D eigenvalue weighted by Gasteiger charge is 2.29. The Labute approximate surface area is 181 Å². The number of alkyl halides is 4. The van der Waals surface area contributed by atoms with Crippen LogP contribution >= 0.6 is 0 Å². The van der Waals surface area contributed by atoms with Crippen LogP contribution in [0.5, 0.6) is 5.75 Å². The Hall–Kier alpha value is -2.98. The maximum atomic E-state index is 14.5. The summed E-state index contributed by atoms with van der Waals surface area (Å²) in [6.07, 6.45) is -0.639. The fraction of sp³-hybridized carbons (Fsp3) is 0.476. The highest BCUT2D eigenvalue weighted by Crippen LogP contribution is 2.27. The summed E-state index contributed by atoms with van der Waals surface area (Å²) < 4.78 is 68.8. The molecule has 174 valence electrons. The first-order chi connectivity index (χ1) is 15.2. The molecule has 0 radical (unpaired) electrons. The van der Waals surface area contributed by atoms with Crippen molar-refractivity contribution in [2.24, 2.45) is 0 Å². The molecule has 2 aromatic rings. The molecule has 1 N–H and O–H groups in total. The lowest BCUT2D eigenvalue weighted by Crippen LogP contribution is -2.32. The number of nitrogens with zero attached hydrogens (tertiary/aromatic N) is 3. The van der Waals surface area contributed by atoms with Crippen molar-refractivity contribution in [2.45, 2.75) is 44.4 Å². The zero-order valence-corrected chi connectivity index (χ0v) is 17.3. The van der Waals surface area contributed by atoms with Crippen molar-refractivity contribution in [1.82, 2.24) is 15.3 Å². The molecule has 0 aliphatic carbocycles. The number of halogens is 5. The predicted molar refractivity (Wildman–Crippen MR) is 107 cm³/mol. The molecule has 0 unspecified atom stereocenters. The van der Waals surface area contributed by atoms with Crippen molar-refractivity contribution in [3.63, 3.8) is 0 Å². The first-order valence-electron chi connectivity index (χ1n) is 10.1. The van der Waals surface area contributed by atoms with Crippen molar-refractivity contribution >= 4 is 11.7 Å². The lowest BCUT2D eigenvalue weighted by Gasteiger charge is -2.24.